The number of amides is 2. The van der Waals surface area contributed by atoms with Crippen molar-refractivity contribution in [2.24, 2.45) is 5.73 Å². The Balaban J connectivity index is 2.44. The van der Waals surface area contributed by atoms with Crippen LogP contribution in [0.3, 0.4) is 0 Å². The molecule has 0 aliphatic carbocycles. The van der Waals surface area contributed by atoms with Gasteiger partial charge in [-0.15, -0.1) is 0 Å². The van der Waals surface area contributed by atoms with Crippen LogP contribution in [0.15, 0.2) is 24.3 Å². The molecule has 80 valence electrons. The summed E-state index contributed by atoms with van der Waals surface area (Å²) in [5.74, 6) is -1.21. The molecule has 0 spiro atoms. The van der Waals surface area contributed by atoms with Crippen molar-refractivity contribution in [2.45, 2.75) is 12.8 Å². The third-order valence-electron chi connectivity index (χ3n) is 1.73. The Hall–Kier alpha value is -1.91. The normalized spacial score (nSPS) is 9.67. The smallest absolute Gasteiger partial charge is 0.224 e. The summed E-state index contributed by atoms with van der Waals surface area (Å²) < 4.78 is 12.5. The number of primary amides is 1. The average Bonchev–Trinajstić information content (AvgIpc) is 2.19. The molecular formula is C10H11FN2O2. The summed E-state index contributed by atoms with van der Waals surface area (Å²) in [7, 11) is 0. The number of carbonyl (C=O) groups is 2. The molecule has 0 heterocycles. The lowest BCUT2D eigenvalue weighted by Gasteiger charge is -2.03. The van der Waals surface area contributed by atoms with E-state index in [9.17, 15) is 14.0 Å². The molecule has 15 heavy (non-hydrogen) atoms. The number of rotatable bonds is 4. The molecule has 4 nitrogen and oxygen atoms in total. The summed E-state index contributed by atoms with van der Waals surface area (Å²) >= 11 is 0. The highest BCUT2D eigenvalue weighted by atomic mass is 19.1. The predicted molar refractivity (Wildman–Crippen MR) is 53.5 cm³/mol. The van der Waals surface area contributed by atoms with Crippen molar-refractivity contribution in [1.82, 2.24) is 0 Å². The van der Waals surface area contributed by atoms with Crippen molar-refractivity contribution in [1.29, 1.82) is 0 Å². The Labute approximate surface area is 86.3 Å². The molecule has 5 heteroatoms. The van der Waals surface area contributed by atoms with Gasteiger partial charge in [0.1, 0.15) is 5.82 Å². The summed E-state index contributed by atoms with van der Waals surface area (Å²) in [5, 5.41) is 2.51. The van der Waals surface area contributed by atoms with Gasteiger partial charge in [0.05, 0.1) is 0 Å². The van der Waals surface area contributed by atoms with E-state index in [4.69, 9.17) is 5.73 Å². The van der Waals surface area contributed by atoms with Gasteiger partial charge in [0, 0.05) is 18.5 Å². The number of carbonyl (C=O) groups excluding carboxylic acids is 2. The molecule has 0 saturated carbocycles. The zero-order valence-electron chi connectivity index (χ0n) is 8.00. The minimum atomic E-state index is -0.524. The highest BCUT2D eigenvalue weighted by molar-refractivity contribution is 5.92. The van der Waals surface area contributed by atoms with Crippen LogP contribution in [-0.2, 0) is 9.59 Å². The van der Waals surface area contributed by atoms with Crippen LogP contribution in [0.5, 0.6) is 0 Å². The Kier molecular flexibility index (Phi) is 3.79. The fourth-order valence-corrected chi connectivity index (χ4v) is 0.993. The van der Waals surface area contributed by atoms with E-state index in [-0.39, 0.29) is 24.6 Å². The quantitative estimate of drug-likeness (QED) is 0.779. The number of hydrogen-bond donors (Lipinski definition) is 2. The van der Waals surface area contributed by atoms with Crippen molar-refractivity contribution in [3.63, 3.8) is 0 Å². The van der Waals surface area contributed by atoms with E-state index in [1.165, 1.54) is 24.3 Å². The van der Waals surface area contributed by atoms with Crippen LogP contribution in [-0.4, -0.2) is 11.8 Å². The van der Waals surface area contributed by atoms with E-state index in [2.05, 4.69) is 5.32 Å². The van der Waals surface area contributed by atoms with Gasteiger partial charge >= 0.3 is 0 Å². The zero-order chi connectivity index (χ0) is 11.3. The SMILES string of the molecule is NC(=O)CCC(=O)Nc1ccc(F)cc1. The molecule has 0 fully saturated rings. The second-order valence-electron chi connectivity index (χ2n) is 3.02. The number of benzene rings is 1. The van der Waals surface area contributed by atoms with Crippen LogP contribution >= 0.6 is 0 Å². The number of anilines is 1. The first-order valence-electron chi connectivity index (χ1n) is 4.41. The molecule has 1 aromatic rings. The van der Waals surface area contributed by atoms with E-state index >= 15 is 0 Å². The lowest BCUT2D eigenvalue weighted by Crippen LogP contribution is -2.17. The van der Waals surface area contributed by atoms with E-state index in [0.717, 1.165) is 0 Å². The summed E-state index contributed by atoms with van der Waals surface area (Å²) in [4.78, 5) is 21.6. The maximum absolute atomic E-state index is 12.5. The fourth-order valence-electron chi connectivity index (χ4n) is 0.993. The number of halogens is 1. The van der Waals surface area contributed by atoms with E-state index in [0.29, 0.717) is 5.69 Å². The van der Waals surface area contributed by atoms with Crippen LogP contribution in [0, 0.1) is 5.82 Å². The highest BCUT2D eigenvalue weighted by Gasteiger charge is 2.04. The minimum absolute atomic E-state index is 0.00697. The van der Waals surface area contributed by atoms with Crippen LogP contribution < -0.4 is 11.1 Å². The van der Waals surface area contributed by atoms with Gasteiger partial charge in [0.25, 0.3) is 0 Å². The molecule has 2 amide bonds. The first-order chi connectivity index (χ1) is 7.08. The zero-order valence-corrected chi connectivity index (χ0v) is 8.00. The lowest BCUT2D eigenvalue weighted by molar-refractivity contribution is -0.122. The van der Waals surface area contributed by atoms with Gasteiger partial charge in [-0.05, 0) is 24.3 Å². The lowest BCUT2D eigenvalue weighted by atomic mass is 10.2. The highest BCUT2D eigenvalue weighted by Crippen LogP contribution is 2.08. The van der Waals surface area contributed by atoms with Crippen molar-refractivity contribution in [2.75, 3.05) is 5.32 Å². The first kappa shape index (κ1) is 11.2. The van der Waals surface area contributed by atoms with Gasteiger partial charge in [-0.3, -0.25) is 9.59 Å². The molecule has 0 radical (unpaired) electrons. The van der Waals surface area contributed by atoms with Gasteiger partial charge in [-0.2, -0.15) is 0 Å². The molecule has 1 aromatic carbocycles. The second kappa shape index (κ2) is 5.09. The molecule has 0 aliphatic heterocycles. The molecule has 0 unspecified atom stereocenters. The van der Waals surface area contributed by atoms with Crippen molar-refractivity contribution < 1.29 is 14.0 Å². The van der Waals surface area contributed by atoms with Crippen LogP contribution in [0.1, 0.15) is 12.8 Å². The molecule has 0 bridgehead atoms. The fraction of sp³-hybridized carbons (Fsp3) is 0.200. The molecule has 0 saturated heterocycles. The maximum Gasteiger partial charge on any atom is 0.224 e. The Morgan fingerprint density at radius 2 is 1.80 bits per heavy atom. The second-order valence-corrected chi connectivity index (χ2v) is 3.02. The van der Waals surface area contributed by atoms with Gasteiger partial charge in [0.2, 0.25) is 11.8 Å². The number of hydrogen-bond acceptors (Lipinski definition) is 2. The molecule has 3 N–H and O–H groups in total. The molecule has 0 aliphatic rings. The molecule has 0 atom stereocenters. The van der Waals surface area contributed by atoms with Gasteiger partial charge in [-0.1, -0.05) is 0 Å². The van der Waals surface area contributed by atoms with E-state index in [1.54, 1.807) is 0 Å². The van der Waals surface area contributed by atoms with Crippen molar-refractivity contribution in [3.05, 3.63) is 30.1 Å². The molecule has 0 aromatic heterocycles. The third kappa shape index (κ3) is 4.21. The summed E-state index contributed by atoms with van der Waals surface area (Å²) in [5.41, 5.74) is 5.38. The molecule has 1 rings (SSSR count). The first-order valence-corrected chi connectivity index (χ1v) is 4.41. The van der Waals surface area contributed by atoms with Crippen molar-refractivity contribution >= 4 is 17.5 Å². The minimum Gasteiger partial charge on any atom is -0.370 e. The summed E-state index contributed by atoms with van der Waals surface area (Å²) in [6.07, 6.45) is 0.0414. The Bertz CT molecular complexity index is 362. The Morgan fingerprint density at radius 3 is 2.33 bits per heavy atom. The molecular weight excluding hydrogens is 199 g/mol. The largest absolute Gasteiger partial charge is 0.370 e. The third-order valence-corrected chi connectivity index (χ3v) is 1.73. The van der Waals surface area contributed by atoms with Crippen LogP contribution in [0.2, 0.25) is 0 Å². The Morgan fingerprint density at radius 1 is 1.20 bits per heavy atom. The topological polar surface area (TPSA) is 72.2 Å². The van der Waals surface area contributed by atoms with Crippen LogP contribution in [0.4, 0.5) is 10.1 Å². The number of nitrogens with one attached hydrogen (secondary N) is 1. The van der Waals surface area contributed by atoms with E-state index < -0.39 is 5.91 Å². The van der Waals surface area contributed by atoms with Crippen LogP contribution in [0.25, 0.3) is 0 Å². The van der Waals surface area contributed by atoms with Crippen molar-refractivity contribution in [3.8, 4) is 0 Å². The number of nitrogens with two attached hydrogens (primary N) is 1. The van der Waals surface area contributed by atoms with E-state index in [1.807, 2.05) is 0 Å². The van der Waals surface area contributed by atoms with Gasteiger partial charge < -0.3 is 11.1 Å². The van der Waals surface area contributed by atoms with Gasteiger partial charge in [0.15, 0.2) is 0 Å². The predicted octanol–water partition coefficient (Wildman–Crippen LogP) is 1.03. The maximum atomic E-state index is 12.5. The standard InChI is InChI=1S/C10H11FN2O2/c11-7-1-3-8(4-2-7)13-10(15)6-5-9(12)14/h1-4H,5-6H2,(H2,12,14)(H,13,15). The monoisotopic (exact) mass is 210 g/mol. The summed E-state index contributed by atoms with van der Waals surface area (Å²) in [6, 6.07) is 5.36. The van der Waals surface area contributed by atoms with Gasteiger partial charge in [-0.25, -0.2) is 4.39 Å². The average molecular weight is 210 g/mol. The summed E-state index contributed by atoms with van der Waals surface area (Å²) in [6.45, 7) is 0.